The van der Waals surface area contributed by atoms with Crippen LogP contribution in [0.25, 0.3) is 22.5 Å². The van der Waals surface area contributed by atoms with Crippen molar-refractivity contribution in [1.82, 2.24) is 19.6 Å². The van der Waals surface area contributed by atoms with E-state index in [0.29, 0.717) is 5.69 Å². The molecule has 0 aliphatic rings. The fraction of sp³-hybridized carbons (Fsp3) is 0.240. The molecule has 4 aromatic rings. The molecule has 3 N–H and O–H groups in total. The molecule has 35 heavy (non-hydrogen) atoms. The smallest absolute Gasteiger partial charge is 0.412 e. The fourth-order valence-corrected chi connectivity index (χ4v) is 4.37. The van der Waals surface area contributed by atoms with E-state index in [1.54, 1.807) is 9.36 Å². The number of nitrogens with zero attached hydrogens (tertiary/aromatic N) is 4. The van der Waals surface area contributed by atoms with E-state index in [9.17, 15) is 4.79 Å². The molecule has 0 saturated carbocycles. The molecule has 2 heterocycles. The van der Waals surface area contributed by atoms with Crippen LogP contribution in [0.15, 0.2) is 69.9 Å². The number of benzene rings is 2. The third kappa shape index (κ3) is 7.69. The zero-order chi connectivity index (χ0) is 25.8. The van der Waals surface area contributed by atoms with Crippen LogP contribution in [-0.4, -0.2) is 31.3 Å². The maximum atomic E-state index is 11.8. The van der Waals surface area contributed by atoms with Crippen LogP contribution < -0.4 is 11.1 Å². The lowest BCUT2D eigenvalue weighted by molar-refractivity contribution is 0.0636. The maximum absolute atomic E-state index is 11.8. The molecular weight excluding hydrogens is 576 g/mol. The van der Waals surface area contributed by atoms with Gasteiger partial charge in [0.1, 0.15) is 17.0 Å². The SMILES string of the molecule is Cn1cc(Br)c(-c2cccc(N)c2)n1.Cn1cc(Br)c(-c2cccc(NC(=O)OC(C)(C)C)c2)n1. The minimum absolute atomic E-state index is 0.472. The zero-order valence-corrected chi connectivity index (χ0v) is 23.4. The average Bonchev–Trinajstić information content (AvgIpc) is 3.27. The van der Waals surface area contributed by atoms with Gasteiger partial charge in [0, 0.05) is 49.0 Å². The van der Waals surface area contributed by atoms with Crippen LogP contribution in [0.2, 0.25) is 0 Å². The molecule has 1 amide bonds. The summed E-state index contributed by atoms with van der Waals surface area (Å²) in [6.07, 6.45) is 3.32. The zero-order valence-electron chi connectivity index (χ0n) is 20.2. The number of aromatic nitrogens is 4. The standard InChI is InChI=1S/C15H18BrN3O2.C10H10BrN3/c1-15(2,3)21-14(20)17-11-7-5-6-10(8-11)13-12(16)9-19(4)18-13;1-14-6-9(11)10(13-14)7-3-2-4-8(12)5-7/h5-9H,1-4H3,(H,17,20);2-6H,12H2,1H3. The number of ether oxygens (including phenoxy) is 1. The van der Waals surface area contributed by atoms with Gasteiger partial charge in [-0.1, -0.05) is 24.3 Å². The highest BCUT2D eigenvalue weighted by Crippen LogP contribution is 2.29. The van der Waals surface area contributed by atoms with Crippen LogP contribution in [0.3, 0.4) is 0 Å². The summed E-state index contributed by atoms with van der Waals surface area (Å²) in [4.78, 5) is 11.8. The number of carbonyl (C=O) groups is 1. The van der Waals surface area contributed by atoms with Gasteiger partial charge in [-0.05, 0) is 76.9 Å². The van der Waals surface area contributed by atoms with Crippen LogP contribution in [0.4, 0.5) is 16.2 Å². The minimum atomic E-state index is -0.522. The molecule has 8 nitrogen and oxygen atoms in total. The summed E-state index contributed by atoms with van der Waals surface area (Å²) in [6, 6.07) is 15.2. The first-order valence-corrected chi connectivity index (χ1v) is 12.3. The van der Waals surface area contributed by atoms with Crippen molar-refractivity contribution in [2.45, 2.75) is 26.4 Å². The first kappa shape index (κ1) is 26.5. The molecule has 4 rings (SSSR count). The van der Waals surface area contributed by atoms with Gasteiger partial charge in [0.2, 0.25) is 0 Å². The first-order valence-electron chi connectivity index (χ1n) is 10.8. The van der Waals surface area contributed by atoms with Crippen molar-refractivity contribution in [3.05, 3.63) is 69.9 Å². The van der Waals surface area contributed by atoms with Crippen LogP contribution in [0.5, 0.6) is 0 Å². The highest BCUT2D eigenvalue weighted by atomic mass is 79.9. The first-order chi connectivity index (χ1) is 16.4. The molecular formula is C25H28Br2N6O2. The summed E-state index contributed by atoms with van der Waals surface area (Å²) in [6.45, 7) is 5.48. The number of aryl methyl sites for hydroxylation is 2. The minimum Gasteiger partial charge on any atom is -0.444 e. The molecule has 0 saturated heterocycles. The molecule has 2 aromatic heterocycles. The van der Waals surface area contributed by atoms with Crippen LogP contribution in [0, 0.1) is 0 Å². The molecule has 2 aromatic carbocycles. The number of nitrogens with two attached hydrogens (primary N) is 1. The van der Waals surface area contributed by atoms with Crippen LogP contribution in [-0.2, 0) is 18.8 Å². The molecule has 0 spiro atoms. The van der Waals surface area contributed by atoms with E-state index in [1.165, 1.54) is 0 Å². The largest absolute Gasteiger partial charge is 0.444 e. The molecule has 10 heteroatoms. The quantitative estimate of drug-likeness (QED) is 0.256. The van der Waals surface area contributed by atoms with E-state index < -0.39 is 11.7 Å². The molecule has 0 radical (unpaired) electrons. The second-order valence-corrected chi connectivity index (χ2v) is 10.5. The summed E-state index contributed by atoms with van der Waals surface area (Å²) in [5.41, 5.74) is 10.3. The number of rotatable bonds is 3. The monoisotopic (exact) mass is 602 g/mol. The van der Waals surface area contributed by atoms with Crippen molar-refractivity contribution in [2.24, 2.45) is 14.1 Å². The van der Waals surface area contributed by atoms with Gasteiger partial charge in [0.15, 0.2) is 0 Å². The topological polar surface area (TPSA) is 100.0 Å². The number of hydrogen-bond acceptors (Lipinski definition) is 5. The van der Waals surface area contributed by atoms with E-state index in [2.05, 4.69) is 47.4 Å². The number of nitrogen functional groups attached to an aromatic ring is 1. The summed E-state index contributed by atoms with van der Waals surface area (Å²) >= 11 is 6.93. The van der Waals surface area contributed by atoms with Crippen molar-refractivity contribution in [3.8, 4) is 22.5 Å². The Morgan fingerprint density at radius 1 is 0.914 bits per heavy atom. The van der Waals surface area contributed by atoms with Crippen LogP contribution >= 0.6 is 31.9 Å². The molecule has 184 valence electrons. The predicted molar refractivity (Wildman–Crippen MR) is 147 cm³/mol. The van der Waals surface area contributed by atoms with Gasteiger partial charge in [-0.25, -0.2) is 4.79 Å². The van der Waals surface area contributed by atoms with Crippen molar-refractivity contribution in [1.29, 1.82) is 0 Å². The molecule has 0 fully saturated rings. The normalized spacial score (nSPS) is 10.9. The molecule has 0 bridgehead atoms. The fourth-order valence-electron chi connectivity index (χ4n) is 3.16. The van der Waals surface area contributed by atoms with Crippen molar-refractivity contribution >= 4 is 49.3 Å². The Kier molecular flexibility index (Phi) is 8.39. The summed E-state index contributed by atoms with van der Waals surface area (Å²) in [5, 5.41) is 11.4. The van der Waals surface area contributed by atoms with Gasteiger partial charge >= 0.3 is 6.09 Å². The van der Waals surface area contributed by atoms with E-state index in [1.807, 2.05) is 95.8 Å². The predicted octanol–water partition coefficient (Wildman–Crippen LogP) is 6.63. The Hall–Kier alpha value is -3.11. The third-order valence-electron chi connectivity index (χ3n) is 4.51. The number of nitrogens with one attached hydrogen (secondary N) is 1. The molecule has 0 unspecified atom stereocenters. The van der Waals surface area contributed by atoms with Gasteiger partial charge < -0.3 is 10.5 Å². The van der Waals surface area contributed by atoms with E-state index in [-0.39, 0.29) is 0 Å². The Morgan fingerprint density at radius 2 is 1.43 bits per heavy atom. The Bertz CT molecular complexity index is 1320. The number of anilines is 2. The average molecular weight is 604 g/mol. The lowest BCUT2D eigenvalue weighted by Crippen LogP contribution is -2.27. The Morgan fingerprint density at radius 3 is 1.89 bits per heavy atom. The van der Waals surface area contributed by atoms with Gasteiger partial charge in [-0.2, -0.15) is 10.2 Å². The highest BCUT2D eigenvalue weighted by molar-refractivity contribution is 9.11. The molecule has 0 aliphatic heterocycles. The number of hydrogen-bond donors (Lipinski definition) is 2. The third-order valence-corrected chi connectivity index (χ3v) is 5.67. The number of amides is 1. The summed E-state index contributed by atoms with van der Waals surface area (Å²) < 4.78 is 10.6. The highest BCUT2D eigenvalue weighted by Gasteiger charge is 2.16. The lowest BCUT2D eigenvalue weighted by Gasteiger charge is -2.19. The van der Waals surface area contributed by atoms with E-state index >= 15 is 0 Å². The maximum Gasteiger partial charge on any atom is 0.412 e. The van der Waals surface area contributed by atoms with Gasteiger partial charge in [0.05, 0.1) is 8.95 Å². The lowest BCUT2D eigenvalue weighted by atomic mass is 10.1. The van der Waals surface area contributed by atoms with Crippen molar-refractivity contribution in [2.75, 3.05) is 11.1 Å². The molecule has 0 aliphatic carbocycles. The number of carbonyl (C=O) groups excluding carboxylic acids is 1. The van der Waals surface area contributed by atoms with E-state index in [0.717, 1.165) is 37.1 Å². The van der Waals surface area contributed by atoms with Gasteiger partial charge in [-0.15, -0.1) is 0 Å². The summed E-state index contributed by atoms with van der Waals surface area (Å²) in [7, 11) is 3.75. The van der Waals surface area contributed by atoms with Gasteiger partial charge in [-0.3, -0.25) is 14.7 Å². The van der Waals surface area contributed by atoms with Crippen molar-refractivity contribution in [3.63, 3.8) is 0 Å². The Labute approximate surface area is 221 Å². The van der Waals surface area contributed by atoms with E-state index in [4.69, 9.17) is 10.5 Å². The second-order valence-electron chi connectivity index (χ2n) is 8.83. The molecule has 0 atom stereocenters. The van der Waals surface area contributed by atoms with Crippen LogP contribution in [0.1, 0.15) is 20.8 Å². The Balaban J connectivity index is 0.000000211. The second kappa shape index (κ2) is 11.1. The number of halogens is 2. The summed E-state index contributed by atoms with van der Waals surface area (Å²) in [5.74, 6) is 0. The van der Waals surface area contributed by atoms with Gasteiger partial charge in [0.25, 0.3) is 0 Å². The van der Waals surface area contributed by atoms with Crippen molar-refractivity contribution < 1.29 is 9.53 Å².